The van der Waals surface area contributed by atoms with Gasteiger partial charge in [0, 0.05) is 24.8 Å². The smallest absolute Gasteiger partial charge is 0.254 e. The van der Waals surface area contributed by atoms with Crippen LogP contribution < -0.4 is 0 Å². The highest BCUT2D eigenvalue weighted by atomic mass is 79.9. The van der Waals surface area contributed by atoms with Crippen molar-refractivity contribution in [3.8, 4) is 0 Å². The van der Waals surface area contributed by atoms with E-state index < -0.39 is 0 Å². The van der Waals surface area contributed by atoms with Crippen LogP contribution in [-0.4, -0.2) is 41.1 Å². The van der Waals surface area contributed by atoms with E-state index in [1.807, 2.05) is 18.7 Å². The zero-order valence-corrected chi connectivity index (χ0v) is 11.5. The van der Waals surface area contributed by atoms with Crippen molar-refractivity contribution in [2.45, 2.75) is 19.4 Å². The molecule has 5 heteroatoms. The second kappa shape index (κ2) is 4.74. The van der Waals surface area contributed by atoms with Gasteiger partial charge in [-0.1, -0.05) is 0 Å². The number of carbonyl (C=O) groups is 1. The third kappa shape index (κ3) is 3.04. The number of hydrogen-bond donors (Lipinski definition) is 0. The Balaban J connectivity index is 2.15. The second-order valence-corrected chi connectivity index (χ2v) is 5.51. The zero-order chi connectivity index (χ0) is 12.5. The first-order chi connectivity index (χ1) is 7.98. The summed E-state index contributed by atoms with van der Waals surface area (Å²) >= 11 is 3.27. The molecule has 0 atom stereocenters. The van der Waals surface area contributed by atoms with Gasteiger partial charge in [-0.25, -0.2) is 4.98 Å². The van der Waals surface area contributed by atoms with Crippen LogP contribution in [0.1, 0.15) is 24.2 Å². The molecule has 0 saturated carbocycles. The molecule has 0 radical (unpaired) electrons. The average molecular weight is 299 g/mol. The van der Waals surface area contributed by atoms with Gasteiger partial charge in [-0.15, -0.1) is 0 Å². The monoisotopic (exact) mass is 298 g/mol. The lowest BCUT2D eigenvalue weighted by molar-refractivity contribution is -0.0764. The van der Waals surface area contributed by atoms with E-state index in [9.17, 15) is 4.79 Å². The average Bonchev–Trinajstić information content (AvgIpc) is 2.26. The molecule has 1 amide bonds. The number of rotatable bonds is 1. The van der Waals surface area contributed by atoms with E-state index in [0.29, 0.717) is 29.9 Å². The predicted octanol–water partition coefficient (Wildman–Crippen LogP) is 2.10. The highest BCUT2D eigenvalue weighted by molar-refractivity contribution is 9.10. The van der Waals surface area contributed by atoms with Gasteiger partial charge in [-0.3, -0.25) is 4.79 Å². The summed E-state index contributed by atoms with van der Waals surface area (Å²) < 4.78 is 6.27. The minimum Gasteiger partial charge on any atom is -0.372 e. The van der Waals surface area contributed by atoms with E-state index in [2.05, 4.69) is 20.9 Å². The number of halogens is 1. The van der Waals surface area contributed by atoms with Crippen molar-refractivity contribution in [3.63, 3.8) is 0 Å². The molecule has 92 valence electrons. The standard InChI is InChI=1S/C12H15BrN2O2/c1-12(2)8-15(5-6-17-12)11(16)9-3-4-14-10(13)7-9/h3-4,7H,5-6,8H2,1-2H3. The van der Waals surface area contributed by atoms with E-state index in [-0.39, 0.29) is 11.5 Å². The summed E-state index contributed by atoms with van der Waals surface area (Å²) in [6.45, 7) is 5.84. The molecule has 1 aromatic rings. The maximum atomic E-state index is 12.3. The molecule has 0 N–H and O–H groups in total. The number of morpholine rings is 1. The lowest BCUT2D eigenvalue weighted by Crippen LogP contribution is -2.50. The van der Waals surface area contributed by atoms with Crippen LogP contribution in [0.3, 0.4) is 0 Å². The first-order valence-corrected chi connectivity index (χ1v) is 6.32. The molecule has 1 saturated heterocycles. The van der Waals surface area contributed by atoms with Gasteiger partial charge in [0.2, 0.25) is 0 Å². The lowest BCUT2D eigenvalue weighted by atomic mass is 10.1. The normalized spacial score (nSPS) is 19.1. The van der Waals surface area contributed by atoms with Crippen LogP contribution in [0.5, 0.6) is 0 Å². The Labute approximate surface area is 109 Å². The highest BCUT2D eigenvalue weighted by Crippen LogP contribution is 2.19. The lowest BCUT2D eigenvalue weighted by Gasteiger charge is -2.38. The summed E-state index contributed by atoms with van der Waals surface area (Å²) in [4.78, 5) is 18.1. The van der Waals surface area contributed by atoms with Gasteiger partial charge in [0.1, 0.15) is 4.60 Å². The summed E-state index contributed by atoms with van der Waals surface area (Å²) in [6, 6.07) is 3.47. The molecule has 2 heterocycles. The largest absolute Gasteiger partial charge is 0.372 e. The quantitative estimate of drug-likeness (QED) is 0.746. The molecule has 4 nitrogen and oxygen atoms in total. The van der Waals surface area contributed by atoms with Gasteiger partial charge in [0.15, 0.2) is 0 Å². The first-order valence-electron chi connectivity index (χ1n) is 5.53. The van der Waals surface area contributed by atoms with Crippen LogP contribution in [0.25, 0.3) is 0 Å². The van der Waals surface area contributed by atoms with Gasteiger partial charge >= 0.3 is 0 Å². The van der Waals surface area contributed by atoms with Crippen molar-refractivity contribution >= 4 is 21.8 Å². The maximum Gasteiger partial charge on any atom is 0.254 e. The van der Waals surface area contributed by atoms with Crippen molar-refractivity contribution in [3.05, 3.63) is 28.5 Å². The van der Waals surface area contributed by atoms with Crippen LogP contribution in [0, 0.1) is 0 Å². The van der Waals surface area contributed by atoms with E-state index in [1.54, 1.807) is 18.3 Å². The molecule has 1 aromatic heterocycles. The highest BCUT2D eigenvalue weighted by Gasteiger charge is 2.30. The molecule has 0 aromatic carbocycles. The molecule has 1 aliphatic heterocycles. The minimum absolute atomic E-state index is 0.0319. The fraction of sp³-hybridized carbons (Fsp3) is 0.500. The maximum absolute atomic E-state index is 12.3. The Hall–Kier alpha value is -0.940. The number of aromatic nitrogens is 1. The predicted molar refractivity (Wildman–Crippen MR) is 67.9 cm³/mol. The Morgan fingerprint density at radius 3 is 3.00 bits per heavy atom. The third-order valence-corrected chi connectivity index (χ3v) is 3.12. The van der Waals surface area contributed by atoms with Crippen molar-refractivity contribution in [2.75, 3.05) is 19.7 Å². The van der Waals surface area contributed by atoms with Gasteiger partial charge in [-0.2, -0.15) is 0 Å². The number of pyridine rings is 1. The van der Waals surface area contributed by atoms with Crippen LogP contribution >= 0.6 is 15.9 Å². The summed E-state index contributed by atoms with van der Waals surface area (Å²) in [7, 11) is 0. The number of nitrogens with zero attached hydrogens (tertiary/aromatic N) is 2. The summed E-state index contributed by atoms with van der Waals surface area (Å²) in [6.07, 6.45) is 1.63. The van der Waals surface area contributed by atoms with Crippen LogP contribution in [0.2, 0.25) is 0 Å². The number of ether oxygens (including phenoxy) is 1. The van der Waals surface area contributed by atoms with Crippen LogP contribution in [0.15, 0.2) is 22.9 Å². The summed E-state index contributed by atoms with van der Waals surface area (Å²) in [5.41, 5.74) is 0.391. The van der Waals surface area contributed by atoms with Gasteiger partial charge in [0.05, 0.1) is 12.2 Å². The molecular weight excluding hydrogens is 284 g/mol. The molecule has 17 heavy (non-hydrogen) atoms. The number of amides is 1. The molecule has 0 aliphatic carbocycles. The molecule has 0 unspecified atom stereocenters. The Bertz CT molecular complexity index is 434. The van der Waals surface area contributed by atoms with E-state index in [1.165, 1.54) is 0 Å². The van der Waals surface area contributed by atoms with E-state index >= 15 is 0 Å². The summed E-state index contributed by atoms with van der Waals surface area (Å²) in [5.74, 6) is 0.0319. The SMILES string of the molecule is CC1(C)CN(C(=O)c2ccnc(Br)c2)CCO1. The summed E-state index contributed by atoms with van der Waals surface area (Å²) in [5, 5.41) is 0. The van der Waals surface area contributed by atoms with Crippen molar-refractivity contribution in [1.82, 2.24) is 9.88 Å². The van der Waals surface area contributed by atoms with E-state index in [0.717, 1.165) is 0 Å². The van der Waals surface area contributed by atoms with Crippen LogP contribution in [0.4, 0.5) is 0 Å². The molecule has 1 fully saturated rings. The van der Waals surface area contributed by atoms with Gasteiger partial charge in [-0.05, 0) is 41.9 Å². The Morgan fingerprint density at radius 1 is 1.59 bits per heavy atom. The van der Waals surface area contributed by atoms with Gasteiger partial charge in [0.25, 0.3) is 5.91 Å². The minimum atomic E-state index is -0.266. The molecule has 2 rings (SSSR count). The fourth-order valence-electron chi connectivity index (χ4n) is 1.91. The zero-order valence-electron chi connectivity index (χ0n) is 9.94. The van der Waals surface area contributed by atoms with Crippen LogP contribution in [-0.2, 0) is 4.74 Å². The van der Waals surface area contributed by atoms with Gasteiger partial charge < -0.3 is 9.64 Å². The molecular formula is C12H15BrN2O2. The molecule has 0 bridgehead atoms. The molecule has 0 spiro atoms. The van der Waals surface area contributed by atoms with Crippen molar-refractivity contribution in [1.29, 1.82) is 0 Å². The Kier molecular flexibility index (Phi) is 3.49. The Morgan fingerprint density at radius 2 is 2.35 bits per heavy atom. The number of hydrogen-bond acceptors (Lipinski definition) is 3. The van der Waals surface area contributed by atoms with E-state index in [4.69, 9.17) is 4.74 Å². The van der Waals surface area contributed by atoms with Crippen molar-refractivity contribution < 1.29 is 9.53 Å². The number of carbonyl (C=O) groups excluding carboxylic acids is 1. The fourth-order valence-corrected chi connectivity index (χ4v) is 2.27. The topological polar surface area (TPSA) is 42.4 Å². The second-order valence-electron chi connectivity index (χ2n) is 4.70. The molecule has 1 aliphatic rings. The first kappa shape index (κ1) is 12.5. The van der Waals surface area contributed by atoms with Crippen molar-refractivity contribution in [2.24, 2.45) is 0 Å². The third-order valence-electron chi connectivity index (χ3n) is 2.69.